The molecule has 1 fully saturated rings. The molecule has 0 saturated heterocycles. The Kier molecular flexibility index (Phi) is 4.36. The van der Waals surface area contributed by atoms with Crippen LogP contribution in [0.1, 0.15) is 25.6 Å². The zero-order chi connectivity index (χ0) is 13.0. The van der Waals surface area contributed by atoms with Crippen LogP contribution in [0.5, 0.6) is 0 Å². The maximum Gasteiger partial charge on any atom is 0.257 e. The number of rotatable bonds is 8. The maximum absolute atomic E-state index is 11.8. The number of nitrogens with one attached hydrogen (secondary N) is 2. The molecular weight excluding hydrogens is 254 g/mol. The summed E-state index contributed by atoms with van der Waals surface area (Å²) < 4.78 is 31.5. The highest BCUT2D eigenvalue weighted by molar-refractivity contribution is 7.89. The van der Waals surface area contributed by atoms with E-state index in [1.807, 2.05) is 6.92 Å². The van der Waals surface area contributed by atoms with E-state index in [1.54, 1.807) is 0 Å². The largest absolute Gasteiger partial charge is 0.380 e. The molecule has 1 aliphatic carbocycles. The number of aryl methyl sites for hydroxylation is 1. The van der Waals surface area contributed by atoms with Gasteiger partial charge in [-0.15, -0.1) is 0 Å². The van der Waals surface area contributed by atoms with E-state index >= 15 is 0 Å². The van der Waals surface area contributed by atoms with E-state index in [0.717, 1.165) is 6.61 Å². The predicted molar refractivity (Wildman–Crippen MR) is 66.7 cm³/mol. The van der Waals surface area contributed by atoms with Crippen molar-refractivity contribution >= 4 is 10.0 Å². The number of aromatic amines is 1. The normalized spacial score (nSPS) is 16.1. The maximum atomic E-state index is 11.8. The lowest BCUT2D eigenvalue weighted by Gasteiger charge is -2.05. The van der Waals surface area contributed by atoms with Gasteiger partial charge >= 0.3 is 0 Å². The Balaban J connectivity index is 1.75. The second-order valence-corrected chi connectivity index (χ2v) is 6.20. The van der Waals surface area contributed by atoms with Gasteiger partial charge in [-0.1, -0.05) is 6.92 Å². The van der Waals surface area contributed by atoms with E-state index in [4.69, 9.17) is 4.74 Å². The first-order valence-electron chi connectivity index (χ1n) is 6.23. The average Bonchev–Trinajstić information content (AvgIpc) is 3.03. The Hall–Kier alpha value is -0.920. The van der Waals surface area contributed by atoms with Gasteiger partial charge in [-0.2, -0.15) is 0 Å². The molecule has 7 heteroatoms. The summed E-state index contributed by atoms with van der Waals surface area (Å²) in [5.74, 6) is 1.36. The molecule has 6 nitrogen and oxygen atoms in total. The van der Waals surface area contributed by atoms with Gasteiger partial charge in [-0.25, -0.2) is 18.1 Å². The van der Waals surface area contributed by atoms with E-state index in [0.29, 0.717) is 24.8 Å². The molecule has 18 heavy (non-hydrogen) atoms. The van der Waals surface area contributed by atoms with Gasteiger partial charge in [0.15, 0.2) is 5.03 Å². The molecular formula is C11H19N3O3S. The van der Waals surface area contributed by atoms with Gasteiger partial charge in [0.1, 0.15) is 5.82 Å². The van der Waals surface area contributed by atoms with Crippen LogP contribution in [0.3, 0.4) is 0 Å². The third kappa shape index (κ3) is 3.79. The molecule has 0 radical (unpaired) electrons. The van der Waals surface area contributed by atoms with E-state index in [9.17, 15) is 8.42 Å². The average molecular weight is 273 g/mol. The fourth-order valence-corrected chi connectivity index (χ4v) is 2.47. The highest BCUT2D eigenvalue weighted by Crippen LogP contribution is 2.28. The molecule has 0 unspecified atom stereocenters. The highest BCUT2D eigenvalue weighted by atomic mass is 32.2. The molecule has 1 saturated carbocycles. The van der Waals surface area contributed by atoms with E-state index < -0.39 is 10.0 Å². The fourth-order valence-electron chi connectivity index (χ4n) is 1.52. The lowest BCUT2D eigenvalue weighted by molar-refractivity contribution is 0.129. The highest BCUT2D eigenvalue weighted by Gasteiger charge is 2.21. The first kappa shape index (κ1) is 13.5. The summed E-state index contributed by atoms with van der Waals surface area (Å²) in [4.78, 5) is 6.74. The van der Waals surface area contributed by atoms with Crippen molar-refractivity contribution in [2.45, 2.75) is 31.2 Å². The third-order valence-corrected chi connectivity index (χ3v) is 4.19. The standard InChI is InChI=1S/C11H19N3O3S/c1-2-10-12-7-11(14-10)18(15,16)13-5-6-17-8-9-3-4-9/h7,9,13H,2-6,8H2,1H3,(H,12,14). The molecule has 0 atom stereocenters. The Morgan fingerprint density at radius 2 is 2.33 bits per heavy atom. The zero-order valence-electron chi connectivity index (χ0n) is 10.5. The van der Waals surface area contributed by atoms with E-state index in [2.05, 4.69) is 14.7 Å². The molecule has 2 N–H and O–H groups in total. The third-order valence-electron chi connectivity index (χ3n) is 2.82. The monoisotopic (exact) mass is 273 g/mol. The van der Waals surface area contributed by atoms with Crippen molar-refractivity contribution < 1.29 is 13.2 Å². The molecule has 0 spiro atoms. The number of nitrogens with zero attached hydrogens (tertiary/aromatic N) is 1. The van der Waals surface area contributed by atoms with Gasteiger partial charge < -0.3 is 9.72 Å². The summed E-state index contributed by atoms with van der Waals surface area (Å²) in [6.45, 7) is 3.35. The van der Waals surface area contributed by atoms with Gasteiger partial charge in [-0.3, -0.25) is 0 Å². The summed E-state index contributed by atoms with van der Waals surface area (Å²) in [7, 11) is -3.48. The Bertz CT molecular complexity index is 479. The molecule has 1 aliphatic rings. The molecule has 0 amide bonds. The fraction of sp³-hybridized carbons (Fsp3) is 0.727. The predicted octanol–water partition coefficient (Wildman–Crippen LogP) is 0.677. The number of H-pyrrole nitrogens is 1. The van der Waals surface area contributed by atoms with Gasteiger partial charge in [0.2, 0.25) is 0 Å². The van der Waals surface area contributed by atoms with Crippen molar-refractivity contribution in [1.82, 2.24) is 14.7 Å². The van der Waals surface area contributed by atoms with Gasteiger partial charge in [-0.05, 0) is 18.8 Å². The van der Waals surface area contributed by atoms with Crippen LogP contribution in [-0.4, -0.2) is 38.1 Å². The lowest BCUT2D eigenvalue weighted by Crippen LogP contribution is -2.28. The Morgan fingerprint density at radius 3 is 2.94 bits per heavy atom. The SMILES string of the molecule is CCc1ncc(S(=O)(=O)NCCOCC2CC2)[nH]1. The van der Waals surface area contributed by atoms with E-state index in [-0.39, 0.29) is 11.6 Å². The van der Waals surface area contributed by atoms with Crippen molar-refractivity contribution in [3.8, 4) is 0 Å². The summed E-state index contributed by atoms with van der Waals surface area (Å²) in [6, 6.07) is 0. The van der Waals surface area contributed by atoms with Crippen LogP contribution >= 0.6 is 0 Å². The minimum atomic E-state index is -3.48. The number of imidazole rings is 1. The summed E-state index contributed by atoms with van der Waals surface area (Å²) in [5.41, 5.74) is 0. The minimum Gasteiger partial charge on any atom is -0.380 e. The molecule has 1 aromatic rings. The molecule has 1 heterocycles. The van der Waals surface area contributed by atoms with Crippen LogP contribution in [0.25, 0.3) is 0 Å². The van der Waals surface area contributed by atoms with Crippen molar-refractivity contribution in [2.24, 2.45) is 5.92 Å². The lowest BCUT2D eigenvalue weighted by atomic mass is 10.5. The van der Waals surface area contributed by atoms with Crippen LogP contribution < -0.4 is 4.72 Å². The Labute approximate surface area is 107 Å². The number of aromatic nitrogens is 2. The summed E-state index contributed by atoms with van der Waals surface area (Å²) in [5, 5.41) is 0.113. The number of hydrogen-bond acceptors (Lipinski definition) is 4. The van der Waals surface area contributed by atoms with Crippen molar-refractivity contribution in [1.29, 1.82) is 0 Å². The van der Waals surface area contributed by atoms with Crippen LogP contribution in [0.2, 0.25) is 0 Å². The topological polar surface area (TPSA) is 84.1 Å². The molecule has 102 valence electrons. The smallest absolute Gasteiger partial charge is 0.257 e. The molecule has 1 aromatic heterocycles. The van der Waals surface area contributed by atoms with E-state index in [1.165, 1.54) is 19.0 Å². The van der Waals surface area contributed by atoms with Crippen molar-refractivity contribution in [2.75, 3.05) is 19.8 Å². The van der Waals surface area contributed by atoms with Gasteiger partial charge in [0.05, 0.1) is 12.8 Å². The molecule has 0 bridgehead atoms. The quantitative estimate of drug-likeness (QED) is 0.682. The summed E-state index contributed by atoms with van der Waals surface area (Å²) >= 11 is 0. The molecule has 0 aliphatic heterocycles. The number of ether oxygens (including phenoxy) is 1. The first-order valence-corrected chi connectivity index (χ1v) is 7.71. The van der Waals surface area contributed by atoms with Gasteiger partial charge in [0.25, 0.3) is 10.0 Å². The number of hydrogen-bond donors (Lipinski definition) is 2. The van der Waals surface area contributed by atoms with Crippen LogP contribution in [0, 0.1) is 5.92 Å². The van der Waals surface area contributed by atoms with Gasteiger partial charge in [0, 0.05) is 19.6 Å². The second-order valence-electron chi connectivity index (χ2n) is 4.46. The second kappa shape index (κ2) is 5.81. The van der Waals surface area contributed by atoms with Crippen LogP contribution in [0.4, 0.5) is 0 Å². The molecule has 2 rings (SSSR count). The molecule has 0 aromatic carbocycles. The van der Waals surface area contributed by atoms with Crippen LogP contribution in [0.15, 0.2) is 11.2 Å². The minimum absolute atomic E-state index is 0.113. The summed E-state index contributed by atoms with van der Waals surface area (Å²) in [6.07, 6.45) is 4.49. The van der Waals surface area contributed by atoms with Crippen molar-refractivity contribution in [3.63, 3.8) is 0 Å². The number of sulfonamides is 1. The first-order chi connectivity index (χ1) is 8.62. The zero-order valence-corrected chi connectivity index (χ0v) is 11.3. The van der Waals surface area contributed by atoms with Crippen molar-refractivity contribution in [3.05, 3.63) is 12.0 Å². The van der Waals surface area contributed by atoms with Crippen LogP contribution in [-0.2, 0) is 21.2 Å². The Morgan fingerprint density at radius 1 is 1.56 bits per heavy atom.